The van der Waals surface area contributed by atoms with Gasteiger partial charge in [0.15, 0.2) is 0 Å². The van der Waals surface area contributed by atoms with Gasteiger partial charge in [-0.15, -0.1) is 11.3 Å². The maximum Gasteiger partial charge on any atom is 0.243 e. The van der Waals surface area contributed by atoms with Gasteiger partial charge in [-0.3, -0.25) is 0 Å². The molecule has 0 N–H and O–H groups in total. The number of thiazole rings is 1. The zero-order valence-electron chi connectivity index (χ0n) is 13.7. The first-order chi connectivity index (χ1) is 10.9. The zero-order chi connectivity index (χ0) is 16.6. The molecule has 0 aliphatic carbocycles. The quantitative estimate of drug-likeness (QED) is 0.846. The lowest BCUT2D eigenvalue weighted by Crippen LogP contribution is -2.42. The molecule has 0 saturated carbocycles. The lowest BCUT2D eigenvalue weighted by molar-refractivity contribution is 0.222. The average Bonchev–Trinajstić information content (AvgIpc) is 2.93. The van der Waals surface area contributed by atoms with Gasteiger partial charge in [0.05, 0.1) is 15.6 Å². The van der Waals surface area contributed by atoms with Gasteiger partial charge in [-0.1, -0.05) is 26.0 Å². The smallest absolute Gasteiger partial charge is 0.242 e. The number of benzene rings is 1. The zero-order valence-corrected chi connectivity index (χ0v) is 15.3. The molecule has 0 amide bonds. The normalized spacial score (nSPS) is 23.1. The van der Waals surface area contributed by atoms with E-state index in [4.69, 9.17) is 0 Å². The maximum absolute atomic E-state index is 13.0. The summed E-state index contributed by atoms with van der Waals surface area (Å²) in [5.41, 5.74) is 1.69. The second kappa shape index (κ2) is 6.34. The summed E-state index contributed by atoms with van der Waals surface area (Å²) in [5.74, 6) is 0.802. The summed E-state index contributed by atoms with van der Waals surface area (Å²) < 4.78 is 27.6. The van der Waals surface area contributed by atoms with E-state index >= 15 is 0 Å². The third-order valence-electron chi connectivity index (χ3n) is 4.22. The van der Waals surface area contributed by atoms with Gasteiger partial charge in [0.1, 0.15) is 0 Å². The molecule has 2 aromatic rings. The molecule has 1 fully saturated rings. The molecule has 23 heavy (non-hydrogen) atoms. The van der Waals surface area contributed by atoms with Gasteiger partial charge in [-0.25, -0.2) is 13.4 Å². The van der Waals surface area contributed by atoms with Gasteiger partial charge in [0, 0.05) is 24.0 Å². The van der Waals surface area contributed by atoms with Crippen LogP contribution in [0.4, 0.5) is 0 Å². The average molecular weight is 351 g/mol. The Bertz CT molecular complexity index is 788. The summed E-state index contributed by atoms with van der Waals surface area (Å²) in [6.45, 7) is 7.39. The van der Waals surface area contributed by atoms with Crippen LogP contribution in [0.1, 0.15) is 25.3 Å². The SMILES string of the molecule is Cc1nc(-c2cccc(S(=O)(=O)N3C[C@H](C)C[C@H](C)C3)c2)cs1. The van der Waals surface area contributed by atoms with Crippen LogP contribution in [0.15, 0.2) is 34.5 Å². The maximum atomic E-state index is 13.0. The second-order valence-electron chi connectivity index (χ2n) is 6.55. The molecule has 2 heterocycles. The fourth-order valence-electron chi connectivity index (χ4n) is 3.26. The van der Waals surface area contributed by atoms with Crippen molar-refractivity contribution in [3.05, 3.63) is 34.7 Å². The van der Waals surface area contributed by atoms with Gasteiger partial charge < -0.3 is 0 Å². The first kappa shape index (κ1) is 16.6. The van der Waals surface area contributed by atoms with Crippen molar-refractivity contribution in [3.8, 4) is 11.3 Å². The summed E-state index contributed by atoms with van der Waals surface area (Å²) in [5, 5.41) is 2.94. The van der Waals surface area contributed by atoms with E-state index in [1.54, 1.807) is 33.8 Å². The fourth-order valence-corrected chi connectivity index (χ4v) is 5.61. The highest BCUT2D eigenvalue weighted by molar-refractivity contribution is 7.89. The van der Waals surface area contributed by atoms with Gasteiger partial charge in [0.25, 0.3) is 0 Å². The van der Waals surface area contributed by atoms with Crippen molar-refractivity contribution in [2.75, 3.05) is 13.1 Å². The van der Waals surface area contributed by atoms with Crippen molar-refractivity contribution < 1.29 is 8.42 Å². The molecule has 4 nitrogen and oxygen atoms in total. The number of piperidine rings is 1. The van der Waals surface area contributed by atoms with Gasteiger partial charge >= 0.3 is 0 Å². The molecule has 0 spiro atoms. The number of nitrogens with zero attached hydrogens (tertiary/aromatic N) is 2. The Kier molecular flexibility index (Phi) is 4.58. The monoisotopic (exact) mass is 350 g/mol. The lowest BCUT2D eigenvalue weighted by atomic mass is 9.94. The predicted octanol–water partition coefficient (Wildman–Crippen LogP) is 3.79. The molecule has 0 radical (unpaired) electrons. The molecule has 1 aromatic carbocycles. The molecule has 1 saturated heterocycles. The van der Waals surface area contributed by atoms with Crippen LogP contribution in [0.25, 0.3) is 11.3 Å². The number of aryl methyl sites for hydroxylation is 1. The van der Waals surface area contributed by atoms with Gasteiger partial charge in [-0.2, -0.15) is 4.31 Å². The van der Waals surface area contributed by atoms with Crippen molar-refractivity contribution in [3.63, 3.8) is 0 Å². The lowest BCUT2D eigenvalue weighted by Gasteiger charge is -2.34. The van der Waals surface area contributed by atoms with E-state index in [1.807, 2.05) is 18.4 Å². The highest BCUT2D eigenvalue weighted by Gasteiger charge is 2.31. The molecule has 3 rings (SSSR count). The van der Waals surface area contributed by atoms with Crippen molar-refractivity contribution in [2.24, 2.45) is 11.8 Å². The number of aromatic nitrogens is 1. The molecule has 0 bridgehead atoms. The molecule has 6 heteroatoms. The minimum atomic E-state index is -3.44. The van der Waals surface area contributed by atoms with E-state index in [0.29, 0.717) is 29.8 Å². The molecule has 1 aliphatic rings. The third-order valence-corrected chi connectivity index (χ3v) is 6.82. The molecule has 0 unspecified atom stereocenters. The Labute approximate surface area is 142 Å². The molecule has 1 aliphatic heterocycles. The summed E-state index contributed by atoms with van der Waals surface area (Å²) in [4.78, 5) is 4.81. The van der Waals surface area contributed by atoms with Crippen LogP contribution in [-0.4, -0.2) is 30.8 Å². The number of hydrogen-bond acceptors (Lipinski definition) is 4. The molecule has 2 atom stereocenters. The van der Waals surface area contributed by atoms with Crippen LogP contribution < -0.4 is 0 Å². The van der Waals surface area contributed by atoms with E-state index in [1.165, 1.54) is 0 Å². The second-order valence-corrected chi connectivity index (χ2v) is 9.55. The predicted molar refractivity (Wildman–Crippen MR) is 94.0 cm³/mol. The van der Waals surface area contributed by atoms with Crippen LogP contribution in [-0.2, 0) is 10.0 Å². The largest absolute Gasteiger partial charge is 0.243 e. The van der Waals surface area contributed by atoms with Crippen LogP contribution in [0.3, 0.4) is 0 Å². The third kappa shape index (κ3) is 3.49. The Morgan fingerprint density at radius 2 is 1.91 bits per heavy atom. The Balaban J connectivity index is 1.94. The van der Waals surface area contributed by atoms with Gasteiger partial charge in [-0.05, 0) is 37.3 Å². The van der Waals surface area contributed by atoms with Crippen LogP contribution in [0, 0.1) is 18.8 Å². The topological polar surface area (TPSA) is 50.3 Å². The number of sulfonamides is 1. The van der Waals surface area contributed by atoms with Crippen LogP contribution in [0.5, 0.6) is 0 Å². The summed E-state index contributed by atoms with van der Waals surface area (Å²) >= 11 is 1.57. The number of hydrogen-bond donors (Lipinski definition) is 0. The van der Waals surface area contributed by atoms with Crippen LogP contribution >= 0.6 is 11.3 Å². The van der Waals surface area contributed by atoms with Crippen LogP contribution in [0.2, 0.25) is 0 Å². The van der Waals surface area contributed by atoms with E-state index in [9.17, 15) is 8.42 Å². The first-order valence-corrected chi connectivity index (χ1v) is 10.2. The minimum absolute atomic E-state index is 0.363. The Morgan fingerprint density at radius 3 is 2.52 bits per heavy atom. The molecular formula is C17H22N2O2S2. The molecular weight excluding hydrogens is 328 g/mol. The van der Waals surface area contributed by atoms with E-state index in [0.717, 1.165) is 22.7 Å². The summed E-state index contributed by atoms with van der Waals surface area (Å²) in [7, 11) is -3.44. The summed E-state index contributed by atoms with van der Waals surface area (Å²) in [6, 6.07) is 7.14. The van der Waals surface area contributed by atoms with E-state index in [-0.39, 0.29) is 0 Å². The minimum Gasteiger partial charge on any atom is -0.242 e. The highest BCUT2D eigenvalue weighted by atomic mass is 32.2. The van der Waals surface area contributed by atoms with E-state index in [2.05, 4.69) is 18.8 Å². The first-order valence-electron chi connectivity index (χ1n) is 7.89. The van der Waals surface area contributed by atoms with Gasteiger partial charge in [0.2, 0.25) is 10.0 Å². The Hall–Kier alpha value is -1.24. The highest BCUT2D eigenvalue weighted by Crippen LogP contribution is 2.29. The van der Waals surface area contributed by atoms with Crippen molar-refractivity contribution in [1.29, 1.82) is 0 Å². The fraction of sp³-hybridized carbons (Fsp3) is 0.471. The molecule has 124 valence electrons. The van der Waals surface area contributed by atoms with Crippen molar-refractivity contribution >= 4 is 21.4 Å². The van der Waals surface area contributed by atoms with E-state index < -0.39 is 10.0 Å². The van der Waals surface area contributed by atoms with Crippen molar-refractivity contribution in [1.82, 2.24) is 9.29 Å². The standard InChI is InChI=1S/C17H22N2O2S2/c1-12-7-13(2)10-19(9-12)23(20,21)16-6-4-5-15(8-16)17-11-22-14(3)18-17/h4-6,8,11-13H,7,9-10H2,1-3H3/t12-,13+. The van der Waals surface area contributed by atoms with Crippen molar-refractivity contribution in [2.45, 2.75) is 32.1 Å². The number of rotatable bonds is 3. The Morgan fingerprint density at radius 1 is 1.22 bits per heavy atom. The molecule has 1 aromatic heterocycles. The summed E-state index contributed by atoms with van der Waals surface area (Å²) in [6.07, 6.45) is 1.09.